The second-order valence-corrected chi connectivity index (χ2v) is 7.71. The fraction of sp³-hybridized carbons (Fsp3) is 0.333. The fourth-order valence-corrected chi connectivity index (χ4v) is 3.78. The van der Waals surface area contributed by atoms with Crippen molar-refractivity contribution in [2.24, 2.45) is 5.73 Å². The van der Waals surface area contributed by atoms with Gasteiger partial charge in [-0.25, -0.2) is 4.98 Å². The van der Waals surface area contributed by atoms with E-state index in [1.54, 1.807) is 11.8 Å². The molecule has 27 heavy (non-hydrogen) atoms. The largest absolute Gasteiger partial charge is 0.345 e. The van der Waals surface area contributed by atoms with E-state index < -0.39 is 0 Å². The molecule has 3 aromatic rings. The SMILES string of the molecule is CCC(CC)(CN)NC(=O)c1ccc(SCc2cn3ccccc3n2)cc1. The summed E-state index contributed by atoms with van der Waals surface area (Å²) in [5.41, 5.74) is 8.20. The first-order valence-corrected chi connectivity index (χ1v) is 10.3. The van der Waals surface area contributed by atoms with Gasteiger partial charge in [0.1, 0.15) is 5.65 Å². The summed E-state index contributed by atoms with van der Waals surface area (Å²) in [5.74, 6) is 0.718. The van der Waals surface area contributed by atoms with Crippen molar-refractivity contribution in [1.82, 2.24) is 14.7 Å². The van der Waals surface area contributed by atoms with Crippen LogP contribution in [0.3, 0.4) is 0 Å². The Morgan fingerprint density at radius 2 is 1.93 bits per heavy atom. The Hall–Kier alpha value is -2.31. The molecule has 0 fully saturated rings. The van der Waals surface area contributed by atoms with Crippen LogP contribution in [-0.2, 0) is 5.75 Å². The molecule has 3 rings (SSSR count). The molecule has 0 saturated heterocycles. The number of benzene rings is 1. The van der Waals surface area contributed by atoms with Gasteiger partial charge in [-0.2, -0.15) is 0 Å². The molecular weight excluding hydrogens is 356 g/mol. The van der Waals surface area contributed by atoms with Crippen molar-refractivity contribution in [3.63, 3.8) is 0 Å². The number of nitrogens with one attached hydrogen (secondary N) is 1. The first-order chi connectivity index (χ1) is 13.1. The molecule has 0 aliphatic rings. The van der Waals surface area contributed by atoms with Gasteiger partial charge in [-0.05, 0) is 49.2 Å². The minimum atomic E-state index is -0.326. The molecule has 2 heterocycles. The maximum Gasteiger partial charge on any atom is 0.251 e. The Morgan fingerprint density at radius 1 is 1.19 bits per heavy atom. The summed E-state index contributed by atoms with van der Waals surface area (Å²) >= 11 is 1.71. The van der Waals surface area contributed by atoms with Gasteiger partial charge in [0.15, 0.2) is 0 Å². The lowest BCUT2D eigenvalue weighted by Crippen LogP contribution is -2.52. The quantitative estimate of drug-likeness (QED) is 0.580. The zero-order valence-corrected chi connectivity index (χ0v) is 16.6. The summed E-state index contributed by atoms with van der Waals surface area (Å²) in [4.78, 5) is 18.3. The monoisotopic (exact) mass is 382 g/mol. The van der Waals surface area contributed by atoms with E-state index in [2.05, 4.69) is 24.1 Å². The van der Waals surface area contributed by atoms with E-state index in [1.165, 1.54) is 0 Å². The molecule has 5 nitrogen and oxygen atoms in total. The molecule has 142 valence electrons. The lowest BCUT2D eigenvalue weighted by Gasteiger charge is -2.31. The van der Waals surface area contributed by atoms with Gasteiger partial charge in [0.25, 0.3) is 5.91 Å². The van der Waals surface area contributed by atoms with E-state index in [1.807, 2.05) is 59.3 Å². The van der Waals surface area contributed by atoms with Crippen molar-refractivity contribution in [2.45, 2.75) is 42.9 Å². The van der Waals surface area contributed by atoms with Crippen LogP contribution in [0.5, 0.6) is 0 Å². The topological polar surface area (TPSA) is 72.4 Å². The first-order valence-electron chi connectivity index (χ1n) is 9.27. The summed E-state index contributed by atoms with van der Waals surface area (Å²) in [6.07, 6.45) is 5.68. The van der Waals surface area contributed by atoms with Gasteiger partial charge >= 0.3 is 0 Å². The van der Waals surface area contributed by atoms with Gasteiger partial charge in [0.05, 0.1) is 11.2 Å². The lowest BCUT2D eigenvalue weighted by molar-refractivity contribution is 0.0895. The number of rotatable bonds is 8. The highest BCUT2D eigenvalue weighted by atomic mass is 32.2. The number of imidazole rings is 1. The third kappa shape index (κ3) is 4.51. The molecule has 0 spiro atoms. The Balaban J connectivity index is 1.62. The van der Waals surface area contributed by atoms with Crippen molar-refractivity contribution < 1.29 is 4.79 Å². The summed E-state index contributed by atoms with van der Waals surface area (Å²) in [6.45, 7) is 4.55. The Kier molecular flexibility index (Phi) is 6.19. The van der Waals surface area contributed by atoms with Crippen molar-refractivity contribution in [3.05, 3.63) is 66.1 Å². The smallest absolute Gasteiger partial charge is 0.251 e. The average molecular weight is 383 g/mol. The molecule has 0 atom stereocenters. The van der Waals surface area contributed by atoms with E-state index >= 15 is 0 Å². The second-order valence-electron chi connectivity index (χ2n) is 6.66. The number of fused-ring (bicyclic) bond motifs is 1. The minimum Gasteiger partial charge on any atom is -0.345 e. The number of nitrogens with two attached hydrogens (primary N) is 1. The van der Waals surface area contributed by atoms with Gasteiger partial charge in [-0.3, -0.25) is 4.79 Å². The maximum absolute atomic E-state index is 12.5. The van der Waals surface area contributed by atoms with E-state index in [4.69, 9.17) is 5.73 Å². The number of carbonyl (C=O) groups is 1. The Bertz CT molecular complexity index is 859. The normalized spacial score (nSPS) is 11.7. The Morgan fingerprint density at radius 3 is 2.56 bits per heavy atom. The number of nitrogens with zero attached hydrogens (tertiary/aromatic N) is 2. The molecule has 0 unspecified atom stereocenters. The standard InChI is InChI=1S/C21H26N4OS/c1-3-21(4-2,15-22)24-20(26)16-8-10-18(11-9-16)27-14-17-13-25-12-6-5-7-19(25)23-17/h5-13H,3-4,14-15,22H2,1-2H3,(H,24,26). The number of pyridine rings is 1. The van der Waals surface area contributed by atoms with Gasteiger partial charge < -0.3 is 15.5 Å². The summed E-state index contributed by atoms with van der Waals surface area (Å²) in [7, 11) is 0. The van der Waals surface area contributed by atoms with Crippen LogP contribution in [0.25, 0.3) is 5.65 Å². The van der Waals surface area contributed by atoms with Gasteiger partial charge in [-0.1, -0.05) is 19.9 Å². The zero-order chi connectivity index (χ0) is 19.3. The molecule has 2 aromatic heterocycles. The molecule has 0 aliphatic carbocycles. The molecular formula is C21H26N4OS. The minimum absolute atomic E-state index is 0.0685. The average Bonchev–Trinajstić information content (AvgIpc) is 3.14. The maximum atomic E-state index is 12.5. The lowest BCUT2D eigenvalue weighted by atomic mass is 9.92. The summed E-state index contributed by atoms with van der Waals surface area (Å²) in [5, 5.41) is 3.10. The van der Waals surface area contributed by atoms with Crippen molar-refractivity contribution in [3.8, 4) is 0 Å². The molecule has 1 aromatic carbocycles. The number of aromatic nitrogens is 2. The van der Waals surface area contributed by atoms with Crippen LogP contribution in [0, 0.1) is 0 Å². The first kappa shape index (κ1) is 19.5. The summed E-state index contributed by atoms with van der Waals surface area (Å²) < 4.78 is 2.02. The van der Waals surface area contributed by atoms with Crippen LogP contribution < -0.4 is 11.1 Å². The third-order valence-corrected chi connectivity index (χ3v) is 6.09. The zero-order valence-electron chi connectivity index (χ0n) is 15.8. The van der Waals surface area contributed by atoms with Crippen LogP contribution in [0.4, 0.5) is 0 Å². The van der Waals surface area contributed by atoms with Gasteiger partial charge in [-0.15, -0.1) is 11.8 Å². The van der Waals surface area contributed by atoms with E-state index in [0.717, 1.165) is 34.8 Å². The number of hydrogen-bond acceptors (Lipinski definition) is 4. The number of carbonyl (C=O) groups excluding carboxylic acids is 1. The Labute approximate surface area is 164 Å². The highest BCUT2D eigenvalue weighted by Gasteiger charge is 2.26. The molecule has 3 N–H and O–H groups in total. The van der Waals surface area contributed by atoms with Crippen molar-refractivity contribution in [1.29, 1.82) is 0 Å². The van der Waals surface area contributed by atoms with Crippen LogP contribution >= 0.6 is 11.8 Å². The third-order valence-electron chi connectivity index (χ3n) is 5.04. The van der Waals surface area contributed by atoms with Crippen LogP contribution in [-0.4, -0.2) is 27.4 Å². The number of thioether (sulfide) groups is 1. The number of amides is 1. The van der Waals surface area contributed by atoms with Crippen LogP contribution in [0.1, 0.15) is 42.7 Å². The predicted octanol–water partition coefficient (Wildman–Crippen LogP) is 3.87. The molecule has 0 radical (unpaired) electrons. The van der Waals surface area contributed by atoms with Crippen molar-refractivity contribution >= 4 is 23.3 Å². The highest BCUT2D eigenvalue weighted by Crippen LogP contribution is 2.23. The van der Waals surface area contributed by atoms with E-state index in [0.29, 0.717) is 12.1 Å². The van der Waals surface area contributed by atoms with Gasteiger partial charge in [0.2, 0.25) is 0 Å². The predicted molar refractivity (Wildman–Crippen MR) is 111 cm³/mol. The van der Waals surface area contributed by atoms with E-state index in [-0.39, 0.29) is 11.4 Å². The molecule has 0 saturated carbocycles. The van der Waals surface area contributed by atoms with E-state index in [9.17, 15) is 4.79 Å². The molecule has 1 amide bonds. The molecule has 6 heteroatoms. The van der Waals surface area contributed by atoms with Crippen LogP contribution in [0.15, 0.2) is 59.8 Å². The summed E-state index contributed by atoms with van der Waals surface area (Å²) in [6, 6.07) is 13.7. The highest BCUT2D eigenvalue weighted by molar-refractivity contribution is 7.98. The van der Waals surface area contributed by atoms with Gasteiger partial charge in [0, 0.05) is 35.2 Å². The van der Waals surface area contributed by atoms with Crippen LogP contribution in [0.2, 0.25) is 0 Å². The van der Waals surface area contributed by atoms with Crippen molar-refractivity contribution in [2.75, 3.05) is 6.54 Å². The second kappa shape index (κ2) is 8.59. The fourth-order valence-electron chi connectivity index (χ4n) is 3.00. The molecule has 0 aliphatic heterocycles. The number of hydrogen-bond donors (Lipinski definition) is 2. The molecule has 0 bridgehead atoms.